The third kappa shape index (κ3) is 3.51. The number of carbonyl (C=O) groups is 1. The molecule has 3 aromatic rings. The monoisotopic (exact) mass is 321 g/mol. The van der Waals surface area contributed by atoms with E-state index in [0.29, 0.717) is 11.4 Å². The lowest BCUT2D eigenvalue weighted by atomic mass is 10.2. The molecule has 1 amide bonds. The third-order valence-corrected chi connectivity index (χ3v) is 3.81. The van der Waals surface area contributed by atoms with Crippen LogP contribution in [0, 0.1) is 20.8 Å². The Morgan fingerprint density at radius 2 is 1.71 bits per heavy atom. The first kappa shape index (κ1) is 15.9. The maximum Gasteiger partial charge on any atom is 0.262 e. The number of fused-ring (bicyclic) bond motifs is 1. The molecule has 5 heteroatoms. The Kier molecular flexibility index (Phi) is 4.42. The van der Waals surface area contributed by atoms with Gasteiger partial charge in [0.05, 0.1) is 22.4 Å². The van der Waals surface area contributed by atoms with Crippen LogP contribution in [0.15, 0.2) is 42.5 Å². The fourth-order valence-corrected chi connectivity index (χ4v) is 2.37. The molecule has 0 saturated carbocycles. The van der Waals surface area contributed by atoms with Gasteiger partial charge in [0.15, 0.2) is 6.61 Å². The highest BCUT2D eigenvalue weighted by Crippen LogP contribution is 2.18. The van der Waals surface area contributed by atoms with Crippen molar-refractivity contribution >= 4 is 22.6 Å². The zero-order chi connectivity index (χ0) is 17.1. The number of hydrogen-bond acceptors (Lipinski definition) is 4. The number of nitrogens with zero attached hydrogens (tertiary/aromatic N) is 2. The van der Waals surface area contributed by atoms with Gasteiger partial charge in [0.1, 0.15) is 5.75 Å². The average molecular weight is 321 g/mol. The predicted molar refractivity (Wildman–Crippen MR) is 94.3 cm³/mol. The normalized spacial score (nSPS) is 10.6. The lowest BCUT2D eigenvalue weighted by Gasteiger charge is -2.10. The fourth-order valence-electron chi connectivity index (χ4n) is 2.37. The van der Waals surface area contributed by atoms with Gasteiger partial charge < -0.3 is 10.1 Å². The molecule has 0 aliphatic heterocycles. The summed E-state index contributed by atoms with van der Waals surface area (Å²) < 4.78 is 5.55. The Labute approximate surface area is 140 Å². The second-order valence-electron chi connectivity index (χ2n) is 5.70. The Bertz CT molecular complexity index is 906. The SMILES string of the molecule is Cc1ccccc1OCC(=O)Nc1ccc2nc(C)c(C)nc2c1. The quantitative estimate of drug-likeness (QED) is 0.798. The van der Waals surface area contributed by atoms with E-state index in [0.717, 1.165) is 28.0 Å². The van der Waals surface area contributed by atoms with Crippen LogP contribution in [0.2, 0.25) is 0 Å². The largest absolute Gasteiger partial charge is 0.483 e. The Morgan fingerprint density at radius 3 is 2.46 bits per heavy atom. The second kappa shape index (κ2) is 6.66. The van der Waals surface area contributed by atoms with Crippen LogP contribution in [-0.4, -0.2) is 22.5 Å². The maximum absolute atomic E-state index is 12.1. The molecule has 0 saturated heterocycles. The first-order valence-corrected chi connectivity index (χ1v) is 7.76. The fraction of sp³-hybridized carbons (Fsp3) is 0.211. The molecule has 0 bridgehead atoms. The molecule has 0 aliphatic carbocycles. The van der Waals surface area contributed by atoms with Gasteiger partial charge in [-0.25, -0.2) is 9.97 Å². The molecule has 0 spiro atoms. The Morgan fingerprint density at radius 1 is 1.00 bits per heavy atom. The van der Waals surface area contributed by atoms with Crippen molar-refractivity contribution in [2.24, 2.45) is 0 Å². The van der Waals surface area contributed by atoms with E-state index >= 15 is 0 Å². The van der Waals surface area contributed by atoms with Gasteiger partial charge in [0.2, 0.25) is 0 Å². The number of carbonyl (C=O) groups excluding carboxylic acids is 1. The summed E-state index contributed by atoms with van der Waals surface area (Å²) >= 11 is 0. The van der Waals surface area contributed by atoms with Crippen LogP contribution >= 0.6 is 0 Å². The number of hydrogen-bond donors (Lipinski definition) is 1. The van der Waals surface area contributed by atoms with Gasteiger partial charge in [-0.2, -0.15) is 0 Å². The molecule has 122 valence electrons. The van der Waals surface area contributed by atoms with E-state index in [-0.39, 0.29) is 12.5 Å². The van der Waals surface area contributed by atoms with Gasteiger partial charge in [-0.05, 0) is 50.6 Å². The minimum absolute atomic E-state index is 0.0402. The molecule has 2 aromatic carbocycles. The molecule has 0 fully saturated rings. The summed E-state index contributed by atoms with van der Waals surface area (Å²) in [6.45, 7) is 5.75. The van der Waals surface area contributed by atoms with E-state index in [1.165, 1.54) is 0 Å². The topological polar surface area (TPSA) is 64.1 Å². The van der Waals surface area contributed by atoms with E-state index in [1.807, 2.05) is 63.2 Å². The van der Waals surface area contributed by atoms with Gasteiger partial charge in [-0.3, -0.25) is 4.79 Å². The second-order valence-corrected chi connectivity index (χ2v) is 5.70. The summed E-state index contributed by atoms with van der Waals surface area (Å²) in [5.41, 5.74) is 5.04. The van der Waals surface area contributed by atoms with E-state index < -0.39 is 0 Å². The number of rotatable bonds is 4. The van der Waals surface area contributed by atoms with Crippen molar-refractivity contribution in [3.05, 3.63) is 59.4 Å². The van der Waals surface area contributed by atoms with Crippen molar-refractivity contribution in [3.8, 4) is 5.75 Å². The van der Waals surface area contributed by atoms with Gasteiger partial charge in [0, 0.05) is 5.69 Å². The van der Waals surface area contributed by atoms with Crippen molar-refractivity contribution in [1.29, 1.82) is 0 Å². The number of aryl methyl sites for hydroxylation is 3. The molecule has 3 rings (SSSR count). The zero-order valence-electron chi connectivity index (χ0n) is 14.0. The Balaban J connectivity index is 1.69. The molecule has 1 heterocycles. The minimum atomic E-state index is -0.214. The number of aromatic nitrogens is 2. The summed E-state index contributed by atoms with van der Waals surface area (Å²) in [6.07, 6.45) is 0. The first-order chi connectivity index (χ1) is 11.5. The molecule has 0 radical (unpaired) electrons. The molecule has 24 heavy (non-hydrogen) atoms. The van der Waals surface area contributed by atoms with Crippen molar-refractivity contribution < 1.29 is 9.53 Å². The molecule has 1 aromatic heterocycles. The average Bonchev–Trinajstić information content (AvgIpc) is 2.55. The highest BCUT2D eigenvalue weighted by Gasteiger charge is 2.07. The highest BCUT2D eigenvalue weighted by molar-refractivity contribution is 5.93. The van der Waals surface area contributed by atoms with E-state index in [4.69, 9.17) is 4.74 Å². The number of amides is 1. The van der Waals surface area contributed by atoms with Crippen LogP contribution < -0.4 is 10.1 Å². The Hall–Kier alpha value is -2.95. The van der Waals surface area contributed by atoms with E-state index in [1.54, 1.807) is 0 Å². The highest BCUT2D eigenvalue weighted by atomic mass is 16.5. The summed E-state index contributed by atoms with van der Waals surface area (Å²) in [6, 6.07) is 13.1. The lowest BCUT2D eigenvalue weighted by Crippen LogP contribution is -2.20. The van der Waals surface area contributed by atoms with Gasteiger partial charge in [-0.1, -0.05) is 18.2 Å². The molecular formula is C19H19N3O2. The molecule has 5 nitrogen and oxygen atoms in total. The van der Waals surface area contributed by atoms with Crippen LogP contribution in [0.3, 0.4) is 0 Å². The third-order valence-electron chi connectivity index (χ3n) is 3.81. The number of benzene rings is 2. The summed E-state index contributed by atoms with van der Waals surface area (Å²) in [4.78, 5) is 21.1. The van der Waals surface area contributed by atoms with Gasteiger partial charge in [-0.15, -0.1) is 0 Å². The van der Waals surface area contributed by atoms with Crippen LogP contribution in [0.4, 0.5) is 5.69 Å². The molecule has 0 unspecified atom stereocenters. The maximum atomic E-state index is 12.1. The number of para-hydroxylation sites is 1. The molecule has 0 aliphatic rings. The van der Waals surface area contributed by atoms with Crippen molar-refractivity contribution in [1.82, 2.24) is 9.97 Å². The predicted octanol–water partition coefficient (Wildman–Crippen LogP) is 3.57. The standard InChI is InChI=1S/C19H19N3O2/c1-12-6-4-5-7-18(12)24-11-19(23)22-15-8-9-16-17(10-15)21-14(3)13(2)20-16/h4-10H,11H2,1-3H3,(H,22,23). The van der Waals surface area contributed by atoms with Crippen molar-refractivity contribution in [2.45, 2.75) is 20.8 Å². The molecular weight excluding hydrogens is 302 g/mol. The molecule has 1 N–H and O–H groups in total. The van der Waals surface area contributed by atoms with Crippen LogP contribution in [0.5, 0.6) is 5.75 Å². The first-order valence-electron chi connectivity index (χ1n) is 7.76. The zero-order valence-corrected chi connectivity index (χ0v) is 14.0. The number of anilines is 1. The minimum Gasteiger partial charge on any atom is -0.483 e. The van der Waals surface area contributed by atoms with Crippen molar-refractivity contribution in [2.75, 3.05) is 11.9 Å². The van der Waals surface area contributed by atoms with E-state index in [2.05, 4.69) is 15.3 Å². The number of ether oxygens (including phenoxy) is 1. The number of nitrogens with one attached hydrogen (secondary N) is 1. The van der Waals surface area contributed by atoms with Crippen LogP contribution in [0.25, 0.3) is 11.0 Å². The lowest BCUT2D eigenvalue weighted by molar-refractivity contribution is -0.118. The molecule has 0 atom stereocenters. The van der Waals surface area contributed by atoms with Crippen LogP contribution in [0.1, 0.15) is 17.0 Å². The van der Waals surface area contributed by atoms with Crippen molar-refractivity contribution in [3.63, 3.8) is 0 Å². The van der Waals surface area contributed by atoms with Gasteiger partial charge in [0.25, 0.3) is 5.91 Å². The summed E-state index contributed by atoms with van der Waals surface area (Å²) in [5, 5.41) is 2.83. The van der Waals surface area contributed by atoms with Crippen LogP contribution in [-0.2, 0) is 4.79 Å². The van der Waals surface area contributed by atoms with E-state index in [9.17, 15) is 4.79 Å². The van der Waals surface area contributed by atoms with Gasteiger partial charge >= 0.3 is 0 Å². The summed E-state index contributed by atoms with van der Waals surface area (Å²) in [5.74, 6) is 0.498. The smallest absolute Gasteiger partial charge is 0.262 e. The summed E-state index contributed by atoms with van der Waals surface area (Å²) in [7, 11) is 0.